The van der Waals surface area contributed by atoms with Gasteiger partial charge in [0.2, 0.25) is 11.8 Å². The first-order valence-electron chi connectivity index (χ1n) is 12.2. The molecule has 2 aliphatic rings. The number of nitrogens with one attached hydrogen (secondary N) is 2. The lowest BCUT2D eigenvalue weighted by atomic mass is 9.95. The molecule has 1 atom stereocenters. The van der Waals surface area contributed by atoms with E-state index in [0.29, 0.717) is 29.6 Å². The van der Waals surface area contributed by atoms with Crippen molar-refractivity contribution in [1.29, 1.82) is 0 Å². The molecule has 2 aromatic carbocycles. The van der Waals surface area contributed by atoms with Gasteiger partial charge >= 0.3 is 11.7 Å². The van der Waals surface area contributed by atoms with Crippen molar-refractivity contribution in [3.63, 3.8) is 0 Å². The van der Waals surface area contributed by atoms with Gasteiger partial charge in [0.1, 0.15) is 17.9 Å². The molecule has 5 amide bonds. The van der Waals surface area contributed by atoms with Crippen LogP contribution in [0.5, 0.6) is 0 Å². The topological polar surface area (TPSA) is 161 Å². The summed E-state index contributed by atoms with van der Waals surface area (Å²) < 4.78 is 2.72. The number of amides is 5. The van der Waals surface area contributed by atoms with E-state index in [4.69, 9.17) is 5.73 Å². The monoisotopic (exact) mass is 525 g/mol. The normalized spacial score (nSPS) is 18.0. The van der Waals surface area contributed by atoms with Crippen LogP contribution in [-0.4, -0.2) is 55.4 Å². The number of pyridine rings is 1. The van der Waals surface area contributed by atoms with Crippen molar-refractivity contribution in [2.24, 2.45) is 5.73 Å². The molecular formula is C27H23N7O5. The Labute approximate surface area is 221 Å². The Hall–Kier alpha value is -5.26. The van der Waals surface area contributed by atoms with Crippen LogP contribution in [0, 0.1) is 0 Å². The minimum Gasteiger partial charge on any atom is -0.366 e. The van der Waals surface area contributed by atoms with Crippen molar-refractivity contribution < 1.29 is 19.2 Å². The Balaban J connectivity index is 1.26. The largest absolute Gasteiger partial charge is 0.366 e. The Bertz CT molecular complexity index is 1770. The lowest BCUT2D eigenvalue weighted by Gasteiger charge is -2.27. The van der Waals surface area contributed by atoms with E-state index in [2.05, 4.69) is 15.6 Å². The first-order valence-corrected chi connectivity index (χ1v) is 12.2. The predicted octanol–water partition coefficient (Wildman–Crippen LogP) is 0.944. The number of imide groups is 1. The van der Waals surface area contributed by atoms with Gasteiger partial charge in [-0.2, -0.15) is 0 Å². The molecule has 1 aliphatic heterocycles. The molecule has 1 unspecified atom stereocenters. The van der Waals surface area contributed by atoms with Crippen LogP contribution >= 0.6 is 0 Å². The van der Waals surface area contributed by atoms with Crippen molar-refractivity contribution in [1.82, 2.24) is 24.3 Å². The summed E-state index contributed by atoms with van der Waals surface area (Å²) in [6, 6.07) is 15.0. The number of imidazole rings is 1. The minimum absolute atomic E-state index is 0.210. The molecular weight excluding hydrogens is 502 g/mol. The Morgan fingerprint density at radius 3 is 2.44 bits per heavy atom. The van der Waals surface area contributed by atoms with Crippen molar-refractivity contribution >= 4 is 40.5 Å². The number of hydrogen-bond acceptors (Lipinski definition) is 6. The average Bonchev–Trinajstić information content (AvgIpc) is 3.50. The predicted molar refractivity (Wildman–Crippen MR) is 140 cm³/mol. The SMILES string of the molecule is CN1C(=O)NC(=O)C12Cc1ccc(NC(=O)Cn3c(=O)n(-c4ccc(C(N)=O)cn4)c4ccccc43)cc1C2. The third-order valence-corrected chi connectivity index (χ3v) is 7.44. The highest BCUT2D eigenvalue weighted by Gasteiger charge is 2.54. The summed E-state index contributed by atoms with van der Waals surface area (Å²) in [4.78, 5) is 68.1. The maximum Gasteiger partial charge on any atom is 0.335 e. The summed E-state index contributed by atoms with van der Waals surface area (Å²) in [7, 11) is 1.60. The number of hydrogen-bond donors (Lipinski definition) is 3. The number of aromatic nitrogens is 3. The van der Waals surface area contributed by atoms with Crippen LogP contribution in [-0.2, 0) is 29.0 Å². The highest BCUT2D eigenvalue weighted by molar-refractivity contribution is 6.07. The summed E-state index contributed by atoms with van der Waals surface area (Å²) in [5.41, 5.74) is 7.47. The van der Waals surface area contributed by atoms with E-state index in [1.807, 2.05) is 6.07 Å². The van der Waals surface area contributed by atoms with E-state index < -0.39 is 29.1 Å². The maximum atomic E-state index is 13.4. The van der Waals surface area contributed by atoms with Crippen molar-refractivity contribution in [3.8, 4) is 5.82 Å². The number of nitrogens with two attached hydrogens (primary N) is 1. The van der Waals surface area contributed by atoms with Gasteiger partial charge in [-0.25, -0.2) is 19.1 Å². The van der Waals surface area contributed by atoms with Crippen LogP contribution in [0.3, 0.4) is 0 Å². The third kappa shape index (κ3) is 3.76. The van der Waals surface area contributed by atoms with Gasteiger partial charge in [0.25, 0.3) is 5.91 Å². The fourth-order valence-corrected chi connectivity index (χ4v) is 5.37. The van der Waals surface area contributed by atoms with Crippen LogP contribution in [0.4, 0.5) is 10.5 Å². The number of benzene rings is 2. The van der Waals surface area contributed by atoms with Crippen LogP contribution in [0.1, 0.15) is 21.5 Å². The Kier molecular flexibility index (Phi) is 5.35. The Morgan fingerprint density at radius 1 is 1.03 bits per heavy atom. The fourth-order valence-electron chi connectivity index (χ4n) is 5.37. The number of primary amides is 1. The lowest BCUT2D eigenvalue weighted by Crippen LogP contribution is -2.48. The molecule has 12 heteroatoms. The van der Waals surface area contributed by atoms with E-state index >= 15 is 0 Å². The second-order valence-corrected chi connectivity index (χ2v) is 9.70. The fraction of sp³-hybridized carbons (Fsp3) is 0.185. The summed E-state index contributed by atoms with van der Waals surface area (Å²) in [5, 5.41) is 5.20. The number of carbonyl (C=O) groups is 4. The summed E-state index contributed by atoms with van der Waals surface area (Å²) in [5.74, 6) is -1.09. The zero-order valence-corrected chi connectivity index (χ0v) is 20.8. The molecule has 4 N–H and O–H groups in total. The number of para-hydroxylation sites is 2. The average molecular weight is 526 g/mol. The molecule has 4 aromatic rings. The highest BCUT2D eigenvalue weighted by atomic mass is 16.2. The van der Waals surface area contributed by atoms with Gasteiger partial charge in [-0.05, 0) is 47.5 Å². The van der Waals surface area contributed by atoms with E-state index in [0.717, 1.165) is 11.1 Å². The molecule has 196 valence electrons. The van der Waals surface area contributed by atoms with Gasteiger partial charge in [-0.3, -0.25) is 24.3 Å². The number of urea groups is 1. The van der Waals surface area contributed by atoms with Crippen LogP contribution in [0.15, 0.2) is 65.6 Å². The second-order valence-electron chi connectivity index (χ2n) is 9.70. The van der Waals surface area contributed by atoms with Gasteiger partial charge in [0, 0.05) is 31.8 Å². The molecule has 0 radical (unpaired) electrons. The Morgan fingerprint density at radius 2 is 1.77 bits per heavy atom. The molecule has 0 saturated carbocycles. The molecule has 1 saturated heterocycles. The maximum absolute atomic E-state index is 13.4. The number of rotatable bonds is 5. The number of anilines is 1. The number of carbonyl (C=O) groups excluding carboxylic acids is 4. The number of nitrogens with zero attached hydrogens (tertiary/aromatic N) is 4. The summed E-state index contributed by atoms with van der Waals surface area (Å²) in [6.07, 6.45) is 2.03. The van der Waals surface area contributed by atoms with Gasteiger partial charge in [-0.15, -0.1) is 0 Å². The van der Waals surface area contributed by atoms with Crippen LogP contribution in [0.25, 0.3) is 16.9 Å². The van der Waals surface area contributed by atoms with Gasteiger partial charge < -0.3 is 16.0 Å². The van der Waals surface area contributed by atoms with Crippen molar-refractivity contribution in [2.75, 3.05) is 12.4 Å². The van der Waals surface area contributed by atoms with E-state index in [-0.39, 0.29) is 23.8 Å². The molecule has 0 bridgehead atoms. The molecule has 1 aliphatic carbocycles. The number of fused-ring (bicyclic) bond motifs is 2. The summed E-state index contributed by atoms with van der Waals surface area (Å²) in [6.45, 7) is -0.258. The van der Waals surface area contributed by atoms with Gasteiger partial charge in [0.05, 0.1) is 16.6 Å². The van der Waals surface area contributed by atoms with Gasteiger partial charge in [-0.1, -0.05) is 18.2 Å². The van der Waals surface area contributed by atoms with Gasteiger partial charge in [0.15, 0.2) is 0 Å². The number of likely N-dealkylation sites (N-methyl/N-ethyl adjacent to an activating group) is 1. The lowest BCUT2D eigenvalue weighted by molar-refractivity contribution is -0.125. The first kappa shape index (κ1) is 24.1. The minimum atomic E-state index is -0.957. The third-order valence-electron chi connectivity index (χ3n) is 7.44. The molecule has 1 spiro atoms. The first-order chi connectivity index (χ1) is 18.7. The molecule has 2 aromatic heterocycles. The molecule has 1 fully saturated rings. The quantitative estimate of drug-likeness (QED) is 0.329. The van der Waals surface area contributed by atoms with E-state index in [1.165, 1.54) is 32.4 Å². The molecule has 39 heavy (non-hydrogen) atoms. The van der Waals surface area contributed by atoms with Crippen LogP contribution in [0.2, 0.25) is 0 Å². The van der Waals surface area contributed by atoms with Crippen molar-refractivity contribution in [2.45, 2.75) is 24.9 Å². The molecule has 3 heterocycles. The second kappa shape index (κ2) is 8.65. The smallest absolute Gasteiger partial charge is 0.335 e. The van der Waals surface area contributed by atoms with Crippen molar-refractivity contribution in [3.05, 3.63) is 88.0 Å². The standard InChI is InChI=1S/C27H23N7O5/c1-32-25(38)31-24(37)27(32)11-15-6-8-18(10-17(15)12-27)30-22(35)14-33-19-4-2-3-5-20(19)34(26(33)39)21-9-7-16(13-29-21)23(28)36/h2-10,13H,11-12,14H2,1H3,(H2,28,36)(H,30,35)(H,31,37,38). The zero-order chi connectivity index (χ0) is 27.5. The van der Waals surface area contributed by atoms with E-state index in [1.54, 1.807) is 43.4 Å². The molecule has 6 rings (SSSR count). The molecule has 12 nitrogen and oxygen atoms in total. The highest BCUT2D eigenvalue weighted by Crippen LogP contribution is 2.38. The zero-order valence-electron chi connectivity index (χ0n) is 20.8. The van der Waals surface area contributed by atoms with E-state index in [9.17, 15) is 24.0 Å². The summed E-state index contributed by atoms with van der Waals surface area (Å²) >= 11 is 0. The van der Waals surface area contributed by atoms with Crippen LogP contribution < -0.4 is 22.1 Å².